The fraction of sp³-hybridized carbons (Fsp3) is 0.100. The molecule has 0 fully saturated rings. The van der Waals surface area contributed by atoms with Gasteiger partial charge >= 0.3 is 5.76 Å². The number of nitrogens with zero attached hydrogens (tertiary/aromatic N) is 1. The summed E-state index contributed by atoms with van der Waals surface area (Å²) in [6.07, 6.45) is 1.37. The van der Waals surface area contributed by atoms with Crippen molar-refractivity contribution in [1.82, 2.24) is 4.57 Å². The molecule has 166 valence electrons. The number of carbonyl (C=O) groups is 1. The van der Waals surface area contributed by atoms with Gasteiger partial charge in [0.2, 0.25) is 0 Å². The number of hydrogen-bond donors (Lipinski definition) is 2. The first-order valence-electron chi connectivity index (χ1n) is 9.04. The molecule has 4 aromatic rings. The monoisotopic (exact) mass is 477 g/mol. The lowest BCUT2D eigenvalue weighted by atomic mass is 10.2. The van der Waals surface area contributed by atoms with Crippen molar-refractivity contribution in [2.24, 2.45) is 7.05 Å². The van der Waals surface area contributed by atoms with E-state index in [1.807, 2.05) is 0 Å². The smallest absolute Gasteiger partial charge is 0.419 e. The standard InChI is InChI=1S/C20H16ClN3O7S/c1-24-14-9-12(21)18(10-17(14)31-20(24)26)32(27,28)23-11-5-6-13(16(8-11)29-2)22-19(25)15-4-3-7-30-15/h3-10,23H,1-2H3,(H,22,25). The maximum absolute atomic E-state index is 12.9. The molecule has 2 N–H and O–H groups in total. The molecule has 2 heterocycles. The lowest BCUT2D eigenvalue weighted by molar-refractivity contribution is 0.0996. The zero-order chi connectivity index (χ0) is 23.0. The highest BCUT2D eigenvalue weighted by Crippen LogP contribution is 2.32. The molecule has 0 spiro atoms. The highest BCUT2D eigenvalue weighted by Gasteiger charge is 2.22. The van der Waals surface area contributed by atoms with Crippen LogP contribution >= 0.6 is 11.6 Å². The molecule has 0 aliphatic carbocycles. The third kappa shape index (κ3) is 3.95. The molecule has 0 unspecified atom stereocenters. The molecular formula is C20H16ClN3O7S. The number of benzene rings is 2. The number of ether oxygens (including phenoxy) is 1. The largest absolute Gasteiger partial charge is 0.494 e. The zero-order valence-electron chi connectivity index (χ0n) is 16.7. The quantitative estimate of drug-likeness (QED) is 0.434. The Balaban J connectivity index is 1.63. The number of rotatable bonds is 6. The van der Waals surface area contributed by atoms with Crippen LogP contribution in [0.5, 0.6) is 5.75 Å². The molecule has 2 aromatic heterocycles. The molecule has 2 aromatic carbocycles. The van der Waals surface area contributed by atoms with Gasteiger partial charge in [0, 0.05) is 19.2 Å². The Kier molecular flexibility index (Phi) is 5.45. The first kappa shape index (κ1) is 21.5. The molecule has 32 heavy (non-hydrogen) atoms. The Labute approximate surface area is 186 Å². The lowest BCUT2D eigenvalue weighted by Gasteiger charge is -2.13. The number of furan rings is 1. The molecule has 0 aliphatic rings. The van der Waals surface area contributed by atoms with Crippen molar-refractivity contribution in [2.45, 2.75) is 4.90 Å². The van der Waals surface area contributed by atoms with Crippen molar-refractivity contribution in [3.8, 4) is 5.75 Å². The van der Waals surface area contributed by atoms with Crippen LogP contribution in [0, 0.1) is 0 Å². The number of aromatic nitrogens is 1. The maximum Gasteiger partial charge on any atom is 0.419 e. The maximum atomic E-state index is 12.9. The highest BCUT2D eigenvalue weighted by atomic mass is 35.5. The van der Waals surface area contributed by atoms with Crippen LogP contribution in [0.2, 0.25) is 5.02 Å². The predicted molar refractivity (Wildman–Crippen MR) is 117 cm³/mol. The van der Waals surface area contributed by atoms with E-state index in [1.165, 1.54) is 61.4 Å². The van der Waals surface area contributed by atoms with Crippen molar-refractivity contribution >= 4 is 50.0 Å². The SMILES string of the molecule is COc1cc(NS(=O)(=O)c2cc3oc(=O)n(C)c3cc2Cl)ccc1NC(=O)c1ccco1. The van der Waals surface area contributed by atoms with Crippen LogP contribution in [-0.4, -0.2) is 26.0 Å². The Morgan fingerprint density at radius 3 is 2.66 bits per heavy atom. The summed E-state index contributed by atoms with van der Waals surface area (Å²) in [5, 5.41) is 2.53. The third-order valence-corrected chi connectivity index (χ3v) is 6.43. The first-order valence-corrected chi connectivity index (χ1v) is 10.9. The summed E-state index contributed by atoms with van der Waals surface area (Å²) in [7, 11) is -1.29. The van der Waals surface area contributed by atoms with Crippen LogP contribution < -0.4 is 20.5 Å². The number of anilines is 2. The lowest BCUT2D eigenvalue weighted by Crippen LogP contribution is -2.15. The minimum absolute atomic E-state index is 0.0795. The van der Waals surface area contributed by atoms with Crippen molar-refractivity contribution in [3.05, 3.63) is 70.1 Å². The van der Waals surface area contributed by atoms with E-state index in [9.17, 15) is 18.0 Å². The Hall–Kier alpha value is -3.70. The minimum Gasteiger partial charge on any atom is -0.494 e. The van der Waals surface area contributed by atoms with Gasteiger partial charge in [-0.25, -0.2) is 13.2 Å². The Morgan fingerprint density at radius 2 is 1.97 bits per heavy atom. The summed E-state index contributed by atoms with van der Waals surface area (Å²) >= 11 is 6.17. The van der Waals surface area contributed by atoms with Gasteiger partial charge in [-0.1, -0.05) is 11.6 Å². The number of amides is 1. The minimum atomic E-state index is -4.15. The zero-order valence-corrected chi connectivity index (χ0v) is 18.3. The first-order chi connectivity index (χ1) is 15.2. The highest BCUT2D eigenvalue weighted by molar-refractivity contribution is 7.92. The fourth-order valence-corrected chi connectivity index (χ4v) is 4.58. The van der Waals surface area contributed by atoms with E-state index in [0.29, 0.717) is 11.2 Å². The van der Waals surface area contributed by atoms with E-state index in [4.69, 9.17) is 25.2 Å². The summed E-state index contributed by atoms with van der Waals surface area (Å²) in [4.78, 5) is 23.6. The second-order valence-electron chi connectivity index (χ2n) is 6.63. The molecular weight excluding hydrogens is 462 g/mol. The number of carbonyl (C=O) groups excluding carboxylic acids is 1. The summed E-state index contributed by atoms with van der Waals surface area (Å²) in [5.41, 5.74) is 0.902. The van der Waals surface area contributed by atoms with Crippen LogP contribution in [0.25, 0.3) is 11.1 Å². The summed E-state index contributed by atoms with van der Waals surface area (Å²) in [5.74, 6) is -0.822. The molecule has 4 rings (SSSR count). The van der Waals surface area contributed by atoms with Gasteiger partial charge < -0.3 is 18.9 Å². The summed E-state index contributed by atoms with van der Waals surface area (Å²) in [6, 6.07) is 9.89. The van der Waals surface area contributed by atoms with Gasteiger partial charge in [-0.15, -0.1) is 0 Å². The molecule has 1 amide bonds. The predicted octanol–water partition coefficient (Wildman–Crippen LogP) is 3.44. The molecule has 0 bridgehead atoms. The Bertz CT molecular complexity index is 1490. The third-order valence-electron chi connectivity index (χ3n) is 4.58. The molecule has 0 radical (unpaired) electrons. The van der Waals surface area contributed by atoms with Crippen molar-refractivity contribution in [1.29, 1.82) is 0 Å². The summed E-state index contributed by atoms with van der Waals surface area (Å²) in [6.45, 7) is 0. The number of fused-ring (bicyclic) bond motifs is 1. The number of nitrogens with one attached hydrogen (secondary N) is 2. The van der Waals surface area contributed by atoms with Crippen LogP contribution in [0.15, 0.2) is 67.3 Å². The number of hydrogen-bond acceptors (Lipinski definition) is 7. The van der Waals surface area contributed by atoms with Gasteiger partial charge in [-0.2, -0.15) is 0 Å². The molecule has 0 saturated carbocycles. The number of sulfonamides is 1. The normalized spacial score (nSPS) is 11.5. The average Bonchev–Trinajstić information content (AvgIpc) is 3.38. The Morgan fingerprint density at radius 1 is 1.19 bits per heavy atom. The van der Waals surface area contributed by atoms with Crippen molar-refractivity contribution in [2.75, 3.05) is 17.1 Å². The molecule has 0 saturated heterocycles. The molecule has 0 aliphatic heterocycles. The van der Waals surface area contributed by atoms with E-state index < -0.39 is 21.7 Å². The van der Waals surface area contributed by atoms with E-state index in [1.54, 1.807) is 6.07 Å². The van der Waals surface area contributed by atoms with Gasteiger partial charge in [0.05, 0.1) is 35.3 Å². The summed E-state index contributed by atoms with van der Waals surface area (Å²) < 4.78 is 44.8. The van der Waals surface area contributed by atoms with Crippen LogP contribution in [-0.2, 0) is 17.1 Å². The molecule has 0 atom stereocenters. The number of oxazole rings is 1. The van der Waals surface area contributed by atoms with Crippen molar-refractivity contribution < 1.29 is 26.8 Å². The fourth-order valence-electron chi connectivity index (χ4n) is 2.99. The van der Waals surface area contributed by atoms with Gasteiger partial charge in [-0.3, -0.25) is 14.1 Å². The van der Waals surface area contributed by atoms with E-state index in [2.05, 4.69) is 10.0 Å². The van der Waals surface area contributed by atoms with E-state index >= 15 is 0 Å². The number of aryl methyl sites for hydroxylation is 1. The van der Waals surface area contributed by atoms with E-state index in [-0.39, 0.29) is 32.7 Å². The van der Waals surface area contributed by atoms with Gasteiger partial charge in [0.25, 0.3) is 15.9 Å². The van der Waals surface area contributed by atoms with Gasteiger partial charge in [0.15, 0.2) is 11.3 Å². The second-order valence-corrected chi connectivity index (χ2v) is 8.69. The molecule has 10 nitrogen and oxygen atoms in total. The number of methoxy groups -OCH3 is 1. The van der Waals surface area contributed by atoms with Crippen LogP contribution in [0.1, 0.15) is 10.6 Å². The van der Waals surface area contributed by atoms with Gasteiger partial charge in [0.1, 0.15) is 10.6 Å². The van der Waals surface area contributed by atoms with Crippen LogP contribution in [0.4, 0.5) is 11.4 Å². The second kappa shape index (κ2) is 8.09. The van der Waals surface area contributed by atoms with E-state index in [0.717, 1.165) is 0 Å². The van der Waals surface area contributed by atoms with Crippen LogP contribution in [0.3, 0.4) is 0 Å². The van der Waals surface area contributed by atoms with Gasteiger partial charge in [-0.05, 0) is 30.3 Å². The number of halogens is 1. The molecule has 12 heteroatoms. The van der Waals surface area contributed by atoms with Crippen molar-refractivity contribution in [3.63, 3.8) is 0 Å². The average molecular weight is 478 g/mol. The topological polar surface area (TPSA) is 133 Å².